The molecule has 0 aromatic rings. The van der Waals surface area contributed by atoms with Crippen molar-refractivity contribution in [1.82, 2.24) is 5.32 Å². The van der Waals surface area contributed by atoms with Crippen LogP contribution in [0.1, 0.15) is 303 Å². The molecule has 0 bridgehead atoms. The van der Waals surface area contributed by atoms with Gasteiger partial charge < -0.3 is 19.8 Å². The van der Waals surface area contributed by atoms with Crippen LogP contribution in [0.5, 0.6) is 0 Å². The average molecular weight is 997 g/mol. The molecule has 0 saturated carbocycles. The van der Waals surface area contributed by atoms with Gasteiger partial charge in [0, 0.05) is 6.42 Å². The Morgan fingerprint density at radius 1 is 0.478 bits per heavy atom. The summed E-state index contributed by atoms with van der Waals surface area (Å²) in [6, 6.07) is -0.858. The zero-order valence-electron chi connectivity index (χ0n) is 46.8. The number of allylic oxidation sites excluding steroid dienone is 3. The molecule has 9 heteroatoms. The Kier molecular flexibility index (Phi) is 51.1. The van der Waals surface area contributed by atoms with E-state index in [0.717, 1.165) is 38.5 Å². The molecule has 0 aliphatic carbocycles. The van der Waals surface area contributed by atoms with E-state index >= 15 is 0 Å². The molecular formula is C60H120N2O6P+. The Morgan fingerprint density at radius 2 is 0.797 bits per heavy atom. The van der Waals surface area contributed by atoms with Gasteiger partial charge in [-0.05, 0) is 32.1 Å². The second-order valence-electron chi connectivity index (χ2n) is 22.1. The van der Waals surface area contributed by atoms with Crippen molar-refractivity contribution in [2.75, 3.05) is 40.9 Å². The number of unbranched alkanes of at least 4 members (excludes halogenated alkanes) is 41. The van der Waals surface area contributed by atoms with E-state index in [2.05, 4.69) is 31.3 Å². The van der Waals surface area contributed by atoms with Crippen LogP contribution >= 0.6 is 7.82 Å². The Morgan fingerprint density at radius 3 is 1.16 bits per heavy atom. The van der Waals surface area contributed by atoms with Gasteiger partial charge in [0.25, 0.3) is 0 Å². The van der Waals surface area contributed by atoms with Crippen molar-refractivity contribution in [1.29, 1.82) is 0 Å². The molecule has 0 radical (unpaired) electrons. The molecule has 410 valence electrons. The monoisotopic (exact) mass is 996 g/mol. The number of likely N-dealkylation sites (N-methyl/N-ethyl adjacent to an activating group) is 1. The van der Waals surface area contributed by atoms with Crippen molar-refractivity contribution in [2.45, 2.75) is 315 Å². The van der Waals surface area contributed by atoms with Gasteiger partial charge in [-0.1, -0.05) is 289 Å². The lowest BCUT2D eigenvalue weighted by molar-refractivity contribution is -0.870. The number of hydrogen-bond donors (Lipinski definition) is 3. The third kappa shape index (κ3) is 54.6. The van der Waals surface area contributed by atoms with Crippen molar-refractivity contribution in [2.24, 2.45) is 0 Å². The van der Waals surface area contributed by atoms with Crippen LogP contribution in [0.15, 0.2) is 24.3 Å². The normalized spacial score (nSPS) is 14.0. The molecule has 69 heavy (non-hydrogen) atoms. The van der Waals surface area contributed by atoms with Crippen LogP contribution in [-0.2, 0) is 18.4 Å². The predicted molar refractivity (Wildman–Crippen MR) is 300 cm³/mol. The third-order valence-electron chi connectivity index (χ3n) is 13.9. The molecule has 0 aromatic heterocycles. The van der Waals surface area contributed by atoms with Gasteiger partial charge in [0.1, 0.15) is 13.2 Å². The number of aliphatic hydroxyl groups is 1. The predicted octanol–water partition coefficient (Wildman–Crippen LogP) is 18.4. The van der Waals surface area contributed by atoms with Gasteiger partial charge in [-0.25, -0.2) is 4.57 Å². The fourth-order valence-corrected chi connectivity index (χ4v) is 9.92. The Labute approximate surface area is 430 Å². The van der Waals surface area contributed by atoms with Gasteiger partial charge in [-0.15, -0.1) is 0 Å². The number of aliphatic hydroxyl groups excluding tert-OH is 1. The van der Waals surface area contributed by atoms with Crippen LogP contribution in [0.25, 0.3) is 0 Å². The van der Waals surface area contributed by atoms with Crippen LogP contribution in [0.4, 0.5) is 0 Å². The van der Waals surface area contributed by atoms with Gasteiger partial charge in [0.2, 0.25) is 5.91 Å². The molecule has 0 aliphatic rings. The van der Waals surface area contributed by atoms with E-state index in [-0.39, 0.29) is 19.1 Å². The van der Waals surface area contributed by atoms with E-state index in [9.17, 15) is 19.4 Å². The van der Waals surface area contributed by atoms with E-state index in [1.54, 1.807) is 6.08 Å². The van der Waals surface area contributed by atoms with Crippen molar-refractivity contribution in [3.63, 3.8) is 0 Å². The second-order valence-corrected chi connectivity index (χ2v) is 23.5. The summed E-state index contributed by atoms with van der Waals surface area (Å²) >= 11 is 0. The molecule has 0 aromatic carbocycles. The summed E-state index contributed by atoms with van der Waals surface area (Å²) in [7, 11) is 1.56. The maximum Gasteiger partial charge on any atom is 0.472 e. The topological polar surface area (TPSA) is 105 Å². The van der Waals surface area contributed by atoms with Gasteiger partial charge >= 0.3 is 7.82 Å². The molecule has 8 nitrogen and oxygen atoms in total. The highest BCUT2D eigenvalue weighted by Crippen LogP contribution is 2.43. The number of nitrogens with zero attached hydrogens (tertiary/aromatic N) is 1. The first-order valence-corrected chi connectivity index (χ1v) is 31.7. The van der Waals surface area contributed by atoms with Crippen molar-refractivity contribution in [3.8, 4) is 0 Å². The molecule has 0 aliphatic heterocycles. The minimum atomic E-state index is -4.34. The summed E-state index contributed by atoms with van der Waals surface area (Å²) < 4.78 is 23.6. The summed E-state index contributed by atoms with van der Waals surface area (Å²) in [6.45, 7) is 4.77. The molecule has 0 saturated heterocycles. The quantitative estimate of drug-likeness (QED) is 0.0243. The van der Waals surface area contributed by atoms with Crippen molar-refractivity contribution >= 4 is 13.7 Å². The number of amides is 1. The van der Waals surface area contributed by atoms with Crippen LogP contribution in [0.2, 0.25) is 0 Å². The smallest absolute Gasteiger partial charge is 0.387 e. The van der Waals surface area contributed by atoms with Gasteiger partial charge in [-0.3, -0.25) is 13.8 Å². The number of carbonyl (C=O) groups is 1. The standard InChI is InChI=1S/C60H119N2O6P/c1-6-8-10-12-14-16-17-18-19-20-21-22-23-24-25-26-27-28-29-30-31-32-33-34-35-36-37-38-39-40-41-42-43-44-46-48-50-52-54-60(64)61-58(57-68-69(65,66)67-56-55-62(3,4)5)59(63)53-51-49-47-45-15-13-11-9-7-2/h15,45,51,53,58-59,63H,6-14,16-44,46-50,52,54-57H2,1-5H3,(H-,61,64,65,66)/p+1/b45-15+,53-51+. The lowest BCUT2D eigenvalue weighted by Crippen LogP contribution is -2.45. The average Bonchev–Trinajstić information content (AvgIpc) is 3.31. The number of nitrogens with one attached hydrogen (secondary N) is 1. The number of carbonyl (C=O) groups excluding carboxylic acids is 1. The highest BCUT2D eigenvalue weighted by Gasteiger charge is 2.27. The Balaban J connectivity index is 3.77. The zero-order valence-corrected chi connectivity index (χ0v) is 47.7. The summed E-state index contributed by atoms with van der Waals surface area (Å²) in [5.74, 6) is -0.184. The number of hydrogen-bond acceptors (Lipinski definition) is 5. The maximum absolute atomic E-state index is 12.9. The SMILES string of the molecule is CCCCC/C=C/CC/C=C/C(O)C(COP(=O)(O)OCC[N+](C)(C)C)NC(=O)CCCCCCCCCCCCCCCCCCCCCCCCCCCCCCCCCCCCCCCC. The molecule has 3 atom stereocenters. The van der Waals surface area contributed by atoms with E-state index < -0.39 is 20.0 Å². The first-order valence-electron chi connectivity index (χ1n) is 30.2. The summed E-state index contributed by atoms with van der Waals surface area (Å²) in [6.07, 6.45) is 66.4. The first kappa shape index (κ1) is 68.0. The largest absolute Gasteiger partial charge is 0.472 e. The van der Waals surface area contributed by atoms with Crippen LogP contribution in [0, 0.1) is 0 Å². The highest BCUT2D eigenvalue weighted by atomic mass is 31.2. The lowest BCUT2D eigenvalue weighted by atomic mass is 10.0. The maximum atomic E-state index is 12.9. The fraction of sp³-hybridized carbons (Fsp3) is 0.917. The molecular weight excluding hydrogens is 876 g/mol. The van der Waals surface area contributed by atoms with E-state index in [4.69, 9.17) is 9.05 Å². The molecule has 0 spiro atoms. The number of phosphoric acid groups is 1. The van der Waals surface area contributed by atoms with E-state index in [1.807, 2.05) is 27.2 Å². The third-order valence-corrected chi connectivity index (χ3v) is 14.9. The minimum absolute atomic E-state index is 0.0580. The van der Waals surface area contributed by atoms with Crippen molar-refractivity contribution < 1.29 is 32.9 Å². The van der Waals surface area contributed by atoms with Gasteiger partial charge in [0.15, 0.2) is 0 Å². The summed E-state index contributed by atoms with van der Waals surface area (Å²) in [5.41, 5.74) is 0. The number of quaternary nitrogens is 1. The number of phosphoric ester groups is 1. The Hall–Kier alpha value is -1.02. The minimum Gasteiger partial charge on any atom is -0.387 e. The van der Waals surface area contributed by atoms with Crippen LogP contribution in [0.3, 0.4) is 0 Å². The molecule has 0 fully saturated rings. The fourth-order valence-electron chi connectivity index (χ4n) is 9.18. The molecule has 3 unspecified atom stereocenters. The Bertz CT molecular complexity index is 1170. The first-order chi connectivity index (χ1) is 33.5. The summed E-state index contributed by atoms with van der Waals surface area (Å²) in [4.78, 5) is 23.2. The highest BCUT2D eigenvalue weighted by molar-refractivity contribution is 7.47. The van der Waals surface area contributed by atoms with Crippen LogP contribution < -0.4 is 5.32 Å². The van der Waals surface area contributed by atoms with Crippen LogP contribution in [-0.4, -0.2) is 73.4 Å². The van der Waals surface area contributed by atoms with Gasteiger partial charge in [-0.2, -0.15) is 0 Å². The summed E-state index contributed by atoms with van der Waals surface area (Å²) in [5, 5.41) is 13.8. The molecule has 0 rings (SSSR count). The zero-order chi connectivity index (χ0) is 50.6. The molecule has 3 N–H and O–H groups in total. The number of rotatable bonds is 56. The van der Waals surface area contributed by atoms with Crippen molar-refractivity contribution in [3.05, 3.63) is 24.3 Å². The van der Waals surface area contributed by atoms with Gasteiger partial charge in [0.05, 0.1) is 39.9 Å². The lowest BCUT2D eigenvalue weighted by Gasteiger charge is -2.25. The van der Waals surface area contributed by atoms with E-state index in [0.29, 0.717) is 17.4 Å². The van der Waals surface area contributed by atoms with E-state index in [1.165, 1.54) is 244 Å². The molecule has 1 amide bonds. The second kappa shape index (κ2) is 51.9. The molecule has 0 heterocycles.